The first-order chi connectivity index (χ1) is 26.2. The van der Waals surface area contributed by atoms with E-state index < -0.39 is 16.1 Å². The molecule has 0 N–H and O–H groups in total. The minimum atomic E-state index is -1.69. The maximum Gasteiger partial charge on any atom is 0.185 e. The van der Waals surface area contributed by atoms with Crippen molar-refractivity contribution in [3.05, 3.63) is 0 Å². The minimum Gasteiger partial charge on any atom is -0.381 e. The van der Waals surface area contributed by atoms with Crippen LogP contribution in [0.25, 0.3) is 0 Å². The van der Waals surface area contributed by atoms with Crippen LogP contribution in [0.1, 0.15) is 99.3 Å². The van der Waals surface area contributed by atoms with E-state index in [0.717, 1.165) is 106 Å². The minimum absolute atomic E-state index is 0.167. The summed E-state index contributed by atoms with van der Waals surface area (Å²) in [5.74, 6) is 5.14. The predicted molar refractivity (Wildman–Crippen MR) is 252 cm³/mol. The third-order valence-corrected chi connectivity index (χ3v) is 26.2. The van der Waals surface area contributed by atoms with Crippen molar-refractivity contribution >= 4 is 117 Å². The molecule has 320 valence electrons. The molecule has 0 aromatic carbocycles. The molecular formula is C39H72O8S6Si2. The molecule has 0 aliphatic rings. The fourth-order valence-electron chi connectivity index (χ4n) is 7.04. The van der Waals surface area contributed by atoms with Gasteiger partial charge in [-0.15, -0.1) is 0 Å². The molecule has 0 saturated carbocycles. The Morgan fingerprint density at radius 2 is 0.491 bits per heavy atom. The van der Waals surface area contributed by atoms with Gasteiger partial charge in [-0.1, -0.05) is 119 Å². The van der Waals surface area contributed by atoms with Gasteiger partial charge in [-0.3, -0.25) is 28.8 Å². The molecule has 0 amide bonds. The summed E-state index contributed by atoms with van der Waals surface area (Å²) in [6.45, 7) is 12.6. The van der Waals surface area contributed by atoms with E-state index in [9.17, 15) is 28.8 Å². The van der Waals surface area contributed by atoms with Crippen molar-refractivity contribution < 1.29 is 38.2 Å². The van der Waals surface area contributed by atoms with Crippen LogP contribution in [0.2, 0.25) is 48.4 Å². The summed E-state index contributed by atoms with van der Waals surface area (Å²) < 4.78 is 12.2. The van der Waals surface area contributed by atoms with Crippen LogP contribution >= 0.6 is 70.6 Å². The Bertz CT molecular complexity index is 908. The zero-order valence-corrected chi connectivity index (χ0v) is 41.7. The smallest absolute Gasteiger partial charge is 0.185 e. The van der Waals surface area contributed by atoms with Crippen LogP contribution in [0.3, 0.4) is 0 Å². The zero-order valence-electron chi connectivity index (χ0n) is 34.8. The molecule has 0 bridgehead atoms. The maximum absolute atomic E-state index is 11.6. The van der Waals surface area contributed by atoms with Crippen molar-refractivity contribution in [2.45, 2.75) is 148 Å². The molecule has 0 aromatic rings. The summed E-state index contributed by atoms with van der Waals surface area (Å²) >= 11 is 8.48. The fraction of sp³-hybridized carbons (Fsp3) is 0.846. The SMILES string of the molecule is CC(=O)SCCC[Si](CCCOCCCOCCC[Si](CCCSC(C)=O)(CCCSC(C)=O)CCCSC(C)=O)(CCCSC(C)=O)CCCSC(C)=O. The van der Waals surface area contributed by atoms with Gasteiger partial charge in [0, 0.05) is 102 Å². The van der Waals surface area contributed by atoms with Gasteiger partial charge in [-0.25, -0.2) is 0 Å². The molecule has 0 aromatic heterocycles. The molecule has 0 aliphatic heterocycles. The largest absolute Gasteiger partial charge is 0.381 e. The molecule has 0 unspecified atom stereocenters. The number of carbonyl (C=O) groups excluding carboxylic acids is 6. The van der Waals surface area contributed by atoms with Crippen LogP contribution in [0, 0.1) is 0 Å². The summed E-state index contributed by atoms with van der Waals surface area (Å²) in [6.07, 6.45) is 9.10. The number of hydrogen-bond acceptors (Lipinski definition) is 14. The third-order valence-electron chi connectivity index (χ3n) is 9.51. The second-order valence-electron chi connectivity index (χ2n) is 14.4. The number of thioether (sulfide) groups is 6. The van der Waals surface area contributed by atoms with Crippen LogP contribution in [0.15, 0.2) is 0 Å². The first kappa shape index (κ1) is 55.5. The highest BCUT2D eigenvalue weighted by molar-refractivity contribution is 8.14. The highest BCUT2D eigenvalue weighted by Gasteiger charge is 2.32. The number of ether oxygens (including phenoxy) is 2. The van der Waals surface area contributed by atoms with Crippen molar-refractivity contribution in [3.8, 4) is 0 Å². The quantitative estimate of drug-likeness (QED) is 0.0438. The number of rotatable bonds is 36. The van der Waals surface area contributed by atoms with Gasteiger partial charge in [0.25, 0.3) is 0 Å². The summed E-state index contributed by atoms with van der Waals surface area (Å²) in [7, 11) is -3.38. The van der Waals surface area contributed by atoms with E-state index in [-0.39, 0.29) is 30.7 Å². The molecule has 0 saturated heterocycles. The Morgan fingerprint density at radius 1 is 0.309 bits per heavy atom. The molecule has 0 aliphatic carbocycles. The van der Waals surface area contributed by atoms with Crippen molar-refractivity contribution in [2.24, 2.45) is 0 Å². The standard InChI is InChI=1S/C39H72O8S6Si2/c1-34(40)48-20-10-28-54(29-11-21-49-35(2)41,30-12-22-50-36(3)42)26-8-18-46-16-7-17-47-19-9-27-55(31-13-23-51-37(4)43,32-14-24-52-38(5)44)33-15-25-53-39(6)45/h7-33H2,1-6H3. The Labute approximate surface area is 361 Å². The molecule has 16 heteroatoms. The summed E-state index contributed by atoms with van der Waals surface area (Å²) in [5.41, 5.74) is 0. The molecule has 0 rings (SSSR count). The Morgan fingerprint density at radius 3 is 0.691 bits per heavy atom. The summed E-state index contributed by atoms with van der Waals surface area (Å²) in [5, 5.41) is 1.00. The first-order valence-electron chi connectivity index (χ1n) is 20.2. The van der Waals surface area contributed by atoms with Crippen LogP contribution < -0.4 is 0 Å². The van der Waals surface area contributed by atoms with Gasteiger partial charge in [0.15, 0.2) is 30.7 Å². The van der Waals surface area contributed by atoms with E-state index in [0.29, 0.717) is 13.2 Å². The van der Waals surface area contributed by atoms with Crippen molar-refractivity contribution in [1.82, 2.24) is 0 Å². The van der Waals surface area contributed by atoms with E-state index in [2.05, 4.69) is 0 Å². The fourth-order valence-corrected chi connectivity index (χ4v) is 22.4. The number of carbonyl (C=O) groups is 6. The predicted octanol–water partition coefficient (Wildman–Crippen LogP) is 11.1. The molecule has 0 atom stereocenters. The van der Waals surface area contributed by atoms with Crippen molar-refractivity contribution in [3.63, 3.8) is 0 Å². The van der Waals surface area contributed by atoms with E-state index in [1.807, 2.05) is 0 Å². The van der Waals surface area contributed by atoms with Crippen LogP contribution in [0.4, 0.5) is 0 Å². The molecule has 0 fully saturated rings. The monoisotopic (exact) mass is 916 g/mol. The number of hydrogen-bond donors (Lipinski definition) is 0. The first-order valence-corrected chi connectivity index (χ1v) is 31.7. The normalized spacial score (nSPS) is 11.9. The van der Waals surface area contributed by atoms with E-state index in [1.165, 1.54) is 119 Å². The van der Waals surface area contributed by atoms with Crippen LogP contribution in [-0.2, 0) is 38.2 Å². The van der Waals surface area contributed by atoms with Gasteiger partial charge in [-0.05, 0) is 57.8 Å². The average molecular weight is 918 g/mol. The Balaban J connectivity index is 5.02. The second kappa shape index (κ2) is 36.3. The molecule has 0 radical (unpaired) electrons. The molecule has 55 heavy (non-hydrogen) atoms. The Kier molecular flexibility index (Phi) is 36.6. The summed E-state index contributed by atoms with van der Waals surface area (Å²) in [4.78, 5) is 69.4. The lowest BCUT2D eigenvalue weighted by atomic mass is 10.4. The highest BCUT2D eigenvalue weighted by Crippen LogP contribution is 2.35. The molecular weight excluding hydrogens is 845 g/mol. The highest BCUT2D eigenvalue weighted by atomic mass is 32.2. The van der Waals surface area contributed by atoms with Crippen LogP contribution in [-0.4, -0.2) is 108 Å². The van der Waals surface area contributed by atoms with Crippen molar-refractivity contribution in [1.29, 1.82) is 0 Å². The second-order valence-corrected chi connectivity index (χ2v) is 32.1. The summed E-state index contributed by atoms with van der Waals surface area (Å²) in [6, 6.07) is 9.38. The lowest BCUT2D eigenvalue weighted by Gasteiger charge is -2.33. The van der Waals surface area contributed by atoms with Gasteiger partial charge in [0.2, 0.25) is 0 Å². The van der Waals surface area contributed by atoms with E-state index >= 15 is 0 Å². The van der Waals surface area contributed by atoms with Gasteiger partial charge >= 0.3 is 0 Å². The van der Waals surface area contributed by atoms with E-state index in [4.69, 9.17) is 9.47 Å². The third kappa shape index (κ3) is 36.1. The van der Waals surface area contributed by atoms with Crippen LogP contribution in [0.5, 0.6) is 0 Å². The lowest BCUT2D eigenvalue weighted by Crippen LogP contribution is -2.35. The average Bonchev–Trinajstić information content (AvgIpc) is 3.11. The van der Waals surface area contributed by atoms with Gasteiger partial charge < -0.3 is 9.47 Å². The zero-order chi connectivity index (χ0) is 41.2. The van der Waals surface area contributed by atoms with Gasteiger partial charge in [0.05, 0.1) is 16.1 Å². The van der Waals surface area contributed by atoms with E-state index in [1.54, 1.807) is 41.5 Å². The lowest BCUT2D eigenvalue weighted by molar-refractivity contribution is -0.109. The molecule has 0 spiro atoms. The van der Waals surface area contributed by atoms with Crippen molar-refractivity contribution in [2.75, 3.05) is 60.9 Å². The van der Waals surface area contributed by atoms with Gasteiger partial charge in [-0.2, -0.15) is 0 Å². The molecule has 0 heterocycles. The Hall–Kier alpha value is 0.474. The maximum atomic E-state index is 11.6. The van der Waals surface area contributed by atoms with Gasteiger partial charge in [0.1, 0.15) is 0 Å². The molecule has 8 nitrogen and oxygen atoms in total. The topological polar surface area (TPSA) is 121 Å².